The predicted molar refractivity (Wildman–Crippen MR) is 50.6 cm³/mol. The lowest BCUT2D eigenvalue weighted by Crippen LogP contribution is -2.43. The predicted octanol–water partition coefficient (Wildman–Crippen LogP) is 1.55. The summed E-state index contributed by atoms with van der Waals surface area (Å²) in [6.07, 6.45) is 3.35. The third-order valence-electron chi connectivity index (χ3n) is 3.38. The van der Waals surface area contributed by atoms with Crippen molar-refractivity contribution in [3.63, 3.8) is 0 Å². The number of ketones is 1. The molecule has 0 N–H and O–H groups in total. The molecular formula is C11H16O3. The van der Waals surface area contributed by atoms with E-state index in [1.165, 1.54) is 0 Å². The number of carbonyl (C=O) groups is 2. The van der Waals surface area contributed by atoms with Crippen molar-refractivity contribution in [3.8, 4) is 0 Å². The molecule has 3 heteroatoms. The molecule has 14 heavy (non-hydrogen) atoms. The average molecular weight is 196 g/mol. The lowest BCUT2D eigenvalue weighted by atomic mass is 9.60. The van der Waals surface area contributed by atoms with Crippen molar-refractivity contribution in [1.82, 2.24) is 0 Å². The molecule has 3 aliphatic rings. The monoisotopic (exact) mass is 196 g/mol. The number of fused-ring (bicyclic) bond motifs is 2. The van der Waals surface area contributed by atoms with Gasteiger partial charge in [0.1, 0.15) is 5.78 Å². The second-order valence-electron chi connectivity index (χ2n) is 4.38. The highest BCUT2D eigenvalue weighted by molar-refractivity contribution is 5.89. The zero-order chi connectivity index (χ0) is 10.1. The Hall–Kier alpha value is -0.860. The largest absolute Gasteiger partial charge is 0.466 e. The van der Waals surface area contributed by atoms with Crippen LogP contribution in [0.1, 0.15) is 32.6 Å². The van der Waals surface area contributed by atoms with E-state index in [2.05, 4.69) is 0 Å². The third-order valence-corrected chi connectivity index (χ3v) is 3.38. The fourth-order valence-corrected chi connectivity index (χ4v) is 2.62. The lowest BCUT2D eigenvalue weighted by Gasteiger charge is -2.43. The fourth-order valence-electron chi connectivity index (χ4n) is 2.62. The Balaban J connectivity index is 1.86. The summed E-state index contributed by atoms with van der Waals surface area (Å²) in [5.41, 5.74) is 0. The number of Topliss-reactive ketones (excluding diaryl/α,β-unsaturated/α-hetero) is 1. The number of carbonyl (C=O) groups excluding carboxylic acids is 2. The number of ether oxygens (including phenoxy) is 1. The van der Waals surface area contributed by atoms with E-state index in [0.29, 0.717) is 24.7 Å². The maximum atomic E-state index is 11.7. The second kappa shape index (κ2) is 3.71. The number of rotatable bonds is 3. The van der Waals surface area contributed by atoms with Crippen LogP contribution in [0.25, 0.3) is 0 Å². The SMILES string of the molecule is CCOC(=O)C[C@H]1CC2CC(C2)C1=O. The van der Waals surface area contributed by atoms with Crippen LogP contribution in [0, 0.1) is 17.8 Å². The molecule has 0 aromatic heterocycles. The number of esters is 1. The molecule has 3 aliphatic carbocycles. The normalized spacial score (nSPS) is 34.9. The van der Waals surface area contributed by atoms with Gasteiger partial charge in [-0.2, -0.15) is 0 Å². The molecule has 0 aliphatic heterocycles. The molecule has 0 unspecified atom stereocenters. The molecule has 0 heterocycles. The fraction of sp³-hybridized carbons (Fsp3) is 0.818. The maximum absolute atomic E-state index is 11.7. The van der Waals surface area contributed by atoms with Crippen molar-refractivity contribution in [2.75, 3.05) is 6.61 Å². The highest BCUT2D eigenvalue weighted by Gasteiger charge is 2.45. The van der Waals surface area contributed by atoms with E-state index < -0.39 is 0 Å². The molecule has 0 radical (unpaired) electrons. The van der Waals surface area contributed by atoms with Crippen molar-refractivity contribution in [3.05, 3.63) is 0 Å². The van der Waals surface area contributed by atoms with Crippen LogP contribution in [0.2, 0.25) is 0 Å². The smallest absolute Gasteiger partial charge is 0.306 e. The van der Waals surface area contributed by atoms with Crippen molar-refractivity contribution >= 4 is 11.8 Å². The van der Waals surface area contributed by atoms with Gasteiger partial charge in [-0.1, -0.05) is 0 Å². The van der Waals surface area contributed by atoms with Crippen molar-refractivity contribution in [1.29, 1.82) is 0 Å². The third kappa shape index (κ3) is 1.68. The summed E-state index contributed by atoms with van der Waals surface area (Å²) in [6.45, 7) is 2.20. The van der Waals surface area contributed by atoms with Gasteiger partial charge < -0.3 is 4.74 Å². The van der Waals surface area contributed by atoms with Crippen LogP contribution in [0.4, 0.5) is 0 Å². The average Bonchev–Trinajstić information content (AvgIpc) is 2.06. The van der Waals surface area contributed by atoms with Crippen LogP contribution < -0.4 is 0 Å². The Morgan fingerprint density at radius 2 is 2.14 bits per heavy atom. The van der Waals surface area contributed by atoms with Crippen molar-refractivity contribution in [2.24, 2.45) is 17.8 Å². The molecule has 3 nitrogen and oxygen atoms in total. The van der Waals surface area contributed by atoms with E-state index in [9.17, 15) is 9.59 Å². The topological polar surface area (TPSA) is 43.4 Å². The number of hydrogen-bond acceptors (Lipinski definition) is 3. The van der Waals surface area contributed by atoms with Gasteiger partial charge in [-0.25, -0.2) is 0 Å². The minimum atomic E-state index is -0.216. The zero-order valence-electron chi connectivity index (χ0n) is 8.49. The van der Waals surface area contributed by atoms with E-state index >= 15 is 0 Å². The van der Waals surface area contributed by atoms with Crippen LogP contribution in [0.5, 0.6) is 0 Å². The van der Waals surface area contributed by atoms with E-state index in [1.54, 1.807) is 6.92 Å². The van der Waals surface area contributed by atoms with Crippen LogP contribution in [0.15, 0.2) is 0 Å². The molecule has 1 atom stereocenters. The van der Waals surface area contributed by atoms with Gasteiger partial charge >= 0.3 is 5.97 Å². The van der Waals surface area contributed by atoms with E-state index in [-0.39, 0.29) is 17.8 Å². The molecule has 0 aromatic rings. The highest BCUT2D eigenvalue weighted by Crippen LogP contribution is 2.46. The molecule has 0 spiro atoms. The minimum Gasteiger partial charge on any atom is -0.466 e. The summed E-state index contributed by atoms with van der Waals surface area (Å²) >= 11 is 0. The van der Waals surface area contributed by atoms with Gasteiger partial charge in [0.2, 0.25) is 0 Å². The van der Waals surface area contributed by atoms with E-state index in [1.807, 2.05) is 0 Å². The quantitative estimate of drug-likeness (QED) is 0.643. The lowest BCUT2D eigenvalue weighted by molar-refractivity contribution is -0.150. The highest BCUT2D eigenvalue weighted by atomic mass is 16.5. The summed E-state index contributed by atoms with van der Waals surface area (Å²) < 4.78 is 4.85. The summed E-state index contributed by atoms with van der Waals surface area (Å²) in [5, 5.41) is 0. The van der Waals surface area contributed by atoms with Gasteiger partial charge in [-0.15, -0.1) is 0 Å². The first-order valence-electron chi connectivity index (χ1n) is 5.40. The first-order chi connectivity index (χ1) is 6.70. The van der Waals surface area contributed by atoms with Gasteiger partial charge in [0, 0.05) is 11.8 Å². The van der Waals surface area contributed by atoms with Crippen LogP contribution >= 0.6 is 0 Å². The molecule has 0 aromatic carbocycles. The van der Waals surface area contributed by atoms with Crippen molar-refractivity contribution < 1.29 is 14.3 Å². The van der Waals surface area contributed by atoms with E-state index in [0.717, 1.165) is 19.3 Å². The van der Waals surface area contributed by atoms with Gasteiger partial charge in [0.15, 0.2) is 0 Å². The second-order valence-corrected chi connectivity index (χ2v) is 4.38. The van der Waals surface area contributed by atoms with Crippen molar-refractivity contribution in [2.45, 2.75) is 32.6 Å². The van der Waals surface area contributed by atoms with E-state index in [4.69, 9.17) is 4.74 Å². The van der Waals surface area contributed by atoms with Crippen LogP contribution in [0.3, 0.4) is 0 Å². The van der Waals surface area contributed by atoms with Gasteiger partial charge in [-0.05, 0) is 32.1 Å². The van der Waals surface area contributed by atoms with Gasteiger partial charge in [0.25, 0.3) is 0 Å². The summed E-state index contributed by atoms with van der Waals surface area (Å²) in [4.78, 5) is 22.9. The molecule has 2 bridgehead atoms. The molecule has 3 saturated carbocycles. The van der Waals surface area contributed by atoms with Crippen LogP contribution in [-0.4, -0.2) is 18.4 Å². The molecule has 78 valence electrons. The Labute approximate surface area is 83.8 Å². The van der Waals surface area contributed by atoms with Gasteiger partial charge in [0.05, 0.1) is 13.0 Å². The summed E-state index contributed by atoms with van der Waals surface area (Å²) in [7, 11) is 0. The summed E-state index contributed by atoms with van der Waals surface area (Å²) in [6, 6.07) is 0. The van der Waals surface area contributed by atoms with Crippen LogP contribution in [-0.2, 0) is 14.3 Å². The van der Waals surface area contributed by atoms with Gasteiger partial charge in [-0.3, -0.25) is 9.59 Å². The molecule has 0 saturated heterocycles. The maximum Gasteiger partial charge on any atom is 0.306 e. The first-order valence-corrected chi connectivity index (χ1v) is 5.40. The molecule has 3 rings (SSSR count). The zero-order valence-corrected chi connectivity index (χ0v) is 8.49. The standard InChI is InChI=1S/C11H16O3/c1-2-14-10(12)6-9-5-7-3-8(4-7)11(9)13/h7-9H,2-6H2,1H3/t7?,8?,9-/m1/s1. The molecular weight excluding hydrogens is 180 g/mol. The first kappa shape index (κ1) is 9.69. The minimum absolute atomic E-state index is 0.0356. The molecule has 0 amide bonds. The Morgan fingerprint density at radius 1 is 1.43 bits per heavy atom. The Kier molecular flexibility index (Phi) is 2.57. The Morgan fingerprint density at radius 3 is 2.71 bits per heavy atom. The Bertz CT molecular complexity index is 253. The molecule has 3 fully saturated rings. The summed E-state index contributed by atoms with van der Waals surface area (Å²) in [5.74, 6) is 1.03. The number of hydrogen-bond donors (Lipinski definition) is 0.